The Hall–Kier alpha value is -1.46. The molecular formula is C18H23N3OS. The highest BCUT2D eigenvalue weighted by atomic mass is 32.1. The standard InChI is InChI=1S/C18H23N3OS/c22-17(20-10-5-6-11-20)13-21-12-4-3-8-15(21)18-19-14-7-1-2-9-16(14)23-18/h1-2,7,9,15H,3-6,8,10-13H2/t15-/m1/s1. The molecule has 2 saturated heterocycles. The van der Waals surface area contributed by atoms with Crippen LogP contribution in [0.15, 0.2) is 24.3 Å². The lowest BCUT2D eigenvalue weighted by atomic mass is 10.0. The van der Waals surface area contributed by atoms with Gasteiger partial charge in [0.25, 0.3) is 0 Å². The molecule has 1 atom stereocenters. The number of amides is 1. The second kappa shape index (κ2) is 6.57. The van der Waals surface area contributed by atoms with Gasteiger partial charge in [0.2, 0.25) is 5.91 Å². The van der Waals surface area contributed by atoms with E-state index in [1.165, 1.54) is 22.5 Å². The molecule has 0 unspecified atom stereocenters. The first-order valence-electron chi connectivity index (χ1n) is 8.68. The van der Waals surface area contributed by atoms with Gasteiger partial charge < -0.3 is 4.90 Å². The average Bonchev–Trinajstić information content (AvgIpc) is 3.25. The van der Waals surface area contributed by atoms with Crippen molar-refractivity contribution in [3.05, 3.63) is 29.3 Å². The average molecular weight is 329 g/mol. The molecule has 0 saturated carbocycles. The van der Waals surface area contributed by atoms with Crippen molar-refractivity contribution in [2.75, 3.05) is 26.2 Å². The fourth-order valence-corrected chi connectivity index (χ4v) is 4.87. The number of para-hydroxylation sites is 1. The third kappa shape index (κ3) is 3.12. The highest BCUT2D eigenvalue weighted by molar-refractivity contribution is 7.18. The topological polar surface area (TPSA) is 36.4 Å². The normalized spacial score (nSPS) is 22.8. The molecule has 4 nitrogen and oxygen atoms in total. The second-order valence-electron chi connectivity index (χ2n) is 6.59. The molecule has 5 heteroatoms. The molecule has 3 heterocycles. The molecule has 1 aromatic carbocycles. The van der Waals surface area contributed by atoms with Crippen molar-refractivity contribution < 1.29 is 4.79 Å². The summed E-state index contributed by atoms with van der Waals surface area (Å²) in [6, 6.07) is 8.64. The van der Waals surface area contributed by atoms with Gasteiger partial charge in [-0.2, -0.15) is 0 Å². The Labute approximate surface area is 141 Å². The van der Waals surface area contributed by atoms with Crippen LogP contribution in [-0.2, 0) is 4.79 Å². The number of benzene rings is 1. The van der Waals surface area contributed by atoms with Gasteiger partial charge in [0.1, 0.15) is 5.01 Å². The molecule has 1 amide bonds. The van der Waals surface area contributed by atoms with Crippen LogP contribution in [0.25, 0.3) is 10.2 Å². The zero-order chi connectivity index (χ0) is 15.6. The summed E-state index contributed by atoms with van der Waals surface area (Å²) >= 11 is 1.79. The summed E-state index contributed by atoms with van der Waals surface area (Å²) in [5.41, 5.74) is 1.09. The summed E-state index contributed by atoms with van der Waals surface area (Å²) in [4.78, 5) is 21.8. The van der Waals surface area contributed by atoms with Gasteiger partial charge in [-0.25, -0.2) is 4.98 Å². The molecule has 0 N–H and O–H groups in total. The van der Waals surface area contributed by atoms with Gasteiger partial charge in [-0.15, -0.1) is 11.3 Å². The van der Waals surface area contributed by atoms with Crippen LogP contribution in [-0.4, -0.2) is 46.9 Å². The molecular weight excluding hydrogens is 306 g/mol. The number of thiazole rings is 1. The lowest BCUT2D eigenvalue weighted by Crippen LogP contribution is -2.42. The smallest absolute Gasteiger partial charge is 0.236 e. The minimum absolute atomic E-state index is 0.301. The Morgan fingerprint density at radius 3 is 2.74 bits per heavy atom. The molecule has 1 aromatic heterocycles. The first-order chi connectivity index (χ1) is 11.3. The predicted octanol–water partition coefficient (Wildman–Crippen LogP) is 3.45. The van der Waals surface area contributed by atoms with Crippen molar-refractivity contribution in [1.29, 1.82) is 0 Å². The van der Waals surface area contributed by atoms with Gasteiger partial charge in [0.05, 0.1) is 22.8 Å². The van der Waals surface area contributed by atoms with E-state index in [-0.39, 0.29) is 0 Å². The molecule has 2 aromatic rings. The van der Waals surface area contributed by atoms with E-state index in [1.54, 1.807) is 11.3 Å². The van der Waals surface area contributed by atoms with Crippen LogP contribution in [0.3, 0.4) is 0 Å². The quantitative estimate of drug-likeness (QED) is 0.865. The number of carbonyl (C=O) groups excluding carboxylic acids is 1. The van der Waals surface area contributed by atoms with Crippen LogP contribution in [0, 0.1) is 0 Å². The molecule has 2 aliphatic rings. The minimum atomic E-state index is 0.301. The number of aromatic nitrogens is 1. The van der Waals surface area contributed by atoms with Crippen molar-refractivity contribution in [2.24, 2.45) is 0 Å². The predicted molar refractivity (Wildman–Crippen MR) is 93.6 cm³/mol. The fraction of sp³-hybridized carbons (Fsp3) is 0.556. The van der Waals surface area contributed by atoms with Crippen LogP contribution in [0.1, 0.15) is 43.2 Å². The van der Waals surface area contributed by atoms with Crippen LogP contribution < -0.4 is 0 Å². The maximum Gasteiger partial charge on any atom is 0.236 e. The van der Waals surface area contributed by atoms with Gasteiger partial charge in [0, 0.05) is 13.1 Å². The van der Waals surface area contributed by atoms with Crippen LogP contribution in [0.5, 0.6) is 0 Å². The number of likely N-dealkylation sites (tertiary alicyclic amines) is 2. The molecule has 122 valence electrons. The van der Waals surface area contributed by atoms with Gasteiger partial charge in [0.15, 0.2) is 0 Å². The van der Waals surface area contributed by atoms with Gasteiger partial charge in [-0.3, -0.25) is 9.69 Å². The van der Waals surface area contributed by atoms with E-state index < -0.39 is 0 Å². The maximum atomic E-state index is 12.5. The molecule has 0 bridgehead atoms. The summed E-state index contributed by atoms with van der Waals surface area (Å²) in [6.07, 6.45) is 5.86. The molecule has 2 aliphatic heterocycles. The number of fused-ring (bicyclic) bond motifs is 1. The van der Waals surface area contributed by atoms with E-state index in [1.807, 2.05) is 11.0 Å². The summed E-state index contributed by atoms with van der Waals surface area (Å²) in [5.74, 6) is 0.301. The number of nitrogens with zero attached hydrogens (tertiary/aromatic N) is 3. The van der Waals surface area contributed by atoms with Crippen LogP contribution in [0.4, 0.5) is 0 Å². The van der Waals surface area contributed by atoms with Crippen molar-refractivity contribution in [1.82, 2.24) is 14.8 Å². The Morgan fingerprint density at radius 1 is 1.13 bits per heavy atom. The number of rotatable bonds is 3. The number of carbonyl (C=O) groups is 1. The SMILES string of the molecule is O=C(CN1CCCC[C@@H]1c1nc2ccccc2s1)N1CCCC1. The third-order valence-corrected chi connectivity index (χ3v) is 6.14. The Morgan fingerprint density at radius 2 is 1.91 bits per heavy atom. The van der Waals surface area contributed by atoms with E-state index in [0.717, 1.165) is 44.4 Å². The highest BCUT2D eigenvalue weighted by Crippen LogP contribution is 2.35. The monoisotopic (exact) mass is 329 g/mol. The molecule has 0 aliphatic carbocycles. The Kier molecular flexibility index (Phi) is 4.31. The van der Waals surface area contributed by atoms with E-state index >= 15 is 0 Å². The van der Waals surface area contributed by atoms with Crippen molar-refractivity contribution in [2.45, 2.75) is 38.1 Å². The molecule has 2 fully saturated rings. The first-order valence-corrected chi connectivity index (χ1v) is 9.50. The lowest BCUT2D eigenvalue weighted by Gasteiger charge is -2.34. The van der Waals surface area contributed by atoms with Crippen LogP contribution in [0.2, 0.25) is 0 Å². The number of hydrogen-bond acceptors (Lipinski definition) is 4. The van der Waals surface area contributed by atoms with Crippen molar-refractivity contribution in [3.63, 3.8) is 0 Å². The number of piperidine rings is 1. The highest BCUT2D eigenvalue weighted by Gasteiger charge is 2.30. The molecule has 0 spiro atoms. The van der Waals surface area contributed by atoms with Gasteiger partial charge in [-0.1, -0.05) is 18.6 Å². The summed E-state index contributed by atoms with van der Waals surface area (Å²) in [7, 11) is 0. The van der Waals surface area contributed by atoms with E-state index in [2.05, 4.69) is 23.1 Å². The Bertz CT molecular complexity index is 659. The van der Waals surface area contributed by atoms with E-state index in [4.69, 9.17) is 4.98 Å². The summed E-state index contributed by atoms with van der Waals surface area (Å²) < 4.78 is 1.25. The van der Waals surface area contributed by atoms with Gasteiger partial charge in [-0.05, 0) is 44.4 Å². The van der Waals surface area contributed by atoms with E-state index in [9.17, 15) is 4.79 Å². The zero-order valence-corrected chi connectivity index (χ0v) is 14.2. The second-order valence-corrected chi connectivity index (χ2v) is 7.65. The van der Waals surface area contributed by atoms with E-state index in [0.29, 0.717) is 18.5 Å². The summed E-state index contributed by atoms with van der Waals surface area (Å²) in [5, 5.41) is 1.18. The maximum absolute atomic E-state index is 12.5. The molecule has 4 rings (SSSR count). The molecule has 0 radical (unpaired) electrons. The molecule has 23 heavy (non-hydrogen) atoms. The van der Waals surface area contributed by atoms with Crippen molar-refractivity contribution in [3.8, 4) is 0 Å². The summed E-state index contributed by atoms with van der Waals surface area (Å²) in [6.45, 7) is 3.46. The van der Waals surface area contributed by atoms with Crippen molar-refractivity contribution >= 4 is 27.5 Å². The largest absolute Gasteiger partial charge is 0.342 e. The van der Waals surface area contributed by atoms with Gasteiger partial charge >= 0.3 is 0 Å². The fourth-order valence-electron chi connectivity index (χ4n) is 3.73. The third-order valence-electron chi connectivity index (χ3n) is 5.01. The number of hydrogen-bond donors (Lipinski definition) is 0. The zero-order valence-electron chi connectivity index (χ0n) is 13.4. The Balaban J connectivity index is 1.53. The lowest BCUT2D eigenvalue weighted by molar-refractivity contribution is -0.132. The minimum Gasteiger partial charge on any atom is -0.342 e. The first kappa shape index (κ1) is 15.1. The van der Waals surface area contributed by atoms with Crippen LogP contribution >= 0.6 is 11.3 Å².